The fourth-order valence-corrected chi connectivity index (χ4v) is 1.78. The fraction of sp³-hybridized carbons (Fsp3) is 0.273. The van der Waals surface area contributed by atoms with Crippen molar-refractivity contribution in [2.75, 3.05) is 0 Å². The molecule has 2 aromatic rings. The Morgan fingerprint density at radius 3 is 2.76 bits per heavy atom. The number of aromatic amines is 1. The third-order valence-corrected chi connectivity index (χ3v) is 2.38. The molecule has 0 unspecified atom stereocenters. The summed E-state index contributed by atoms with van der Waals surface area (Å²) in [5, 5.41) is 16.3. The van der Waals surface area contributed by atoms with Gasteiger partial charge >= 0.3 is 5.97 Å². The number of hydrogen-bond donors (Lipinski definition) is 2. The van der Waals surface area contributed by atoms with Gasteiger partial charge in [-0.3, -0.25) is 19.7 Å². The topological polar surface area (TPSA) is 95.9 Å². The molecule has 0 aliphatic heterocycles. The number of carboxylic acids is 1. The summed E-state index contributed by atoms with van der Waals surface area (Å²) >= 11 is 0. The Labute approximate surface area is 96.7 Å². The van der Waals surface area contributed by atoms with E-state index in [1.807, 2.05) is 0 Å². The Balaban J connectivity index is 2.54. The molecule has 0 atom stereocenters. The van der Waals surface area contributed by atoms with E-state index in [1.165, 1.54) is 13.1 Å². The number of aliphatic carboxylic acids is 1. The lowest BCUT2D eigenvalue weighted by atomic mass is 10.1. The van der Waals surface area contributed by atoms with Crippen molar-refractivity contribution in [3.05, 3.63) is 23.7 Å². The van der Waals surface area contributed by atoms with Crippen molar-refractivity contribution in [1.82, 2.24) is 15.2 Å². The number of aromatic nitrogens is 3. The zero-order valence-electron chi connectivity index (χ0n) is 9.23. The molecule has 0 aliphatic carbocycles. The molecule has 2 rings (SSSR count). The summed E-state index contributed by atoms with van der Waals surface area (Å²) in [7, 11) is 0. The number of H-pyrrole nitrogens is 1. The fourth-order valence-electron chi connectivity index (χ4n) is 1.78. The van der Waals surface area contributed by atoms with Gasteiger partial charge < -0.3 is 5.11 Å². The molecule has 0 fully saturated rings. The van der Waals surface area contributed by atoms with Gasteiger partial charge in [-0.05, 0) is 12.5 Å². The van der Waals surface area contributed by atoms with Crippen LogP contribution < -0.4 is 0 Å². The Hall–Kier alpha value is -2.24. The van der Waals surface area contributed by atoms with Gasteiger partial charge in [0.1, 0.15) is 11.3 Å². The second kappa shape index (κ2) is 4.32. The molecule has 0 saturated carbocycles. The minimum atomic E-state index is -0.936. The highest BCUT2D eigenvalue weighted by molar-refractivity contribution is 5.90. The minimum Gasteiger partial charge on any atom is -0.481 e. The van der Waals surface area contributed by atoms with Gasteiger partial charge in [-0.15, -0.1) is 0 Å². The Bertz CT molecular complexity index is 589. The maximum Gasteiger partial charge on any atom is 0.307 e. The van der Waals surface area contributed by atoms with Crippen LogP contribution in [0.15, 0.2) is 12.4 Å². The van der Waals surface area contributed by atoms with Gasteiger partial charge in [0.05, 0.1) is 18.3 Å². The first-order valence-corrected chi connectivity index (χ1v) is 5.09. The van der Waals surface area contributed by atoms with Crippen molar-refractivity contribution < 1.29 is 14.7 Å². The van der Waals surface area contributed by atoms with Crippen molar-refractivity contribution in [3.8, 4) is 0 Å². The van der Waals surface area contributed by atoms with Crippen molar-refractivity contribution in [1.29, 1.82) is 0 Å². The zero-order chi connectivity index (χ0) is 12.4. The third-order valence-electron chi connectivity index (χ3n) is 2.38. The molecular weight excluding hydrogens is 222 g/mol. The summed E-state index contributed by atoms with van der Waals surface area (Å²) in [5.41, 5.74) is 1.80. The molecule has 6 heteroatoms. The quantitative estimate of drug-likeness (QED) is 0.811. The predicted octanol–water partition coefficient (Wildman–Crippen LogP) is 0.717. The number of nitrogens with zero attached hydrogens (tertiary/aromatic N) is 2. The molecule has 0 saturated heterocycles. The molecule has 0 bridgehead atoms. The molecule has 88 valence electrons. The SMILES string of the molecule is CC(=O)Cc1[nH]nc2cncc(CC(=O)O)c12. The Morgan fingerprint density at radius 1 is 1.35 bits per heavy atom. The van der Waals surface area contributed by atoms with Crippen LogP contribution in [0, 0.1) is 0 Å². The van der Waals surface area contributed by atoms with E-state index in [0.717, 1.165) is 0 Å². The first-order valence-electron chi connectivity index (χ1n) is 5.09. The van der Waals surface area contributed by atoms with Crippen molar-refractivity contribution in [2.45, 2.75) is 19.8 Å². The smallest absolute Gasteiger partial charge is 0.307 e. The van der Waals surface area contributed by atoms with Crippen molar-refractivity contribution >= 4 is 22.7 Å². The molecule has 2 N–H and O–H groups in total. The number of fused-ring (bicyclic) bond motifs is 1. The summed E-state index contributed by atoms with van der Waals surface area (Å²) in [6.07, 6.45) is 3.12. The highest BCUT2D eigenvalue weighted by Crippen LogP contribution is 2.20. The van der Waals surface area contributed by atoms with E-state index < -0.39 is 5.97 Å². The molecule has 0 aliphatic rings. The standard InChI is InChI=1S/C11H11N3O3/c1-6(15)2-8-11-7(3-10(16)17)4-12-5-9(11)14-13-8/h4-5H,2-3H2,1H3,(H,13,14)(H,16,17). The molecule has 2 aromatic heterocycles. The van der Waals surface area contributed by atoms with Gasteiger partial charge in [0, 0.05) is 18.0 Å². The number of nitrogens with one attached hydrogen (secondary N) is 1. The van der Waals surface area contributed by atoms with Crippen molar-refractivity contribution in [2.24, 2.45) is 0 Å². The van der Waals surface area contributed by atoms with Crippen LogP contribution >= 0.6 is 0 Å². The van der Waals surface area contributed by atoms with E-state index in [9.17, 15) is 9.59 Å². The number of carbonyl (C=O) groups excluding carboxylic acids is 1. The Morgan fingerprint density at radius 2 is 2.12 bits per heavy atom. The van der Waals surface area contributed by atoms with Crippen LogP contribution in [0.25, 0.3) is 10.9 Å². The zero-order valence-corrected chi connectivity index (χ0v) is 9.23. The summed E-state index contributed by atoms with van der Waals surface area (Å²) in [6.45, 7) is 1.48. The molecule has 0 radical (unpaired) electrons. The molecule has 6 nitrogen and oxygen atoms in total. The molecule has 0 aromatic carbocycles. The lowest BCUT2D eigenvalue weighted by Gasteiger charge is -2.00. The van der Waals surface area contributed by atoms with Crippen molar-refractivity contribution in [3.63, 3.8) is 0 Å². The summed E-state index contributed by atoms with van der Waals surface area (Å²) in [6, 6.07) is 0. The molecule has 0 spiro atoms. The van der Waals surface area contributed by atoms with Gasteiger partial charge in [0.25, 0.3) is 0 Å². The third kappa shape index (κ3) is 2.30. The van der Waals surface area contributed by atoms with Crippen LogP contribution in [-0.4, -0.2) is 32.0 Å². The summed E-state index contributed by atoms with van der Waals surface area (Å²) in [5.74, 6) is -0.942. The maximum atomic E-state index is 11.1. The average molecular weight is 233 g/mol. The number of carboxylic acid groups (broad SMARTS) is 1. The second-order valence-corrected chi connectivity index (χ2v) is 3.84. The number of hydrogen-bond acceptors (Lipinski definition) is 4. The van der Waals surface area contributed by atoms with Crippen LogP contribution in [0.5, 0.6) is 0 Å². The number of ketones is 1. The summed E-state index contributed by atoms with van der Waals surface area (Å²) < 4.78 is 0. The highest BCUT2D eigenvalue weighted by Gasteiger charge is 2.13. The van der Waals surface area contributed by atoms with E-state index in [2.05, 4.69) is 15.2 Å². The maximum absolute atomic E-state index is 11.1. The second-order valence-electron chi connectivity index (χ2n) is 3.84. The lowest BCUT2D eigenvalue weighted by Crippen LogP contribution is -2.03. The average Bonchev–Trinajstić information content (AvgIpc) is 2.61. The van der Waals surface area contributed by atoms with Gasteiger partial charge in [-0.2, -0.15) is 5.10 Å². The number of pyridine rings is 1. The largest absolute Gasteiger partial charge is 0.481 e. The number of Topliss-reactive ketones (excluding diaryl/α,β-unsaturated/α-hetero) is 1. The van der Waals surface area contributed by atoms with Gasteiger partial charge in [-0.1, -0.05) is 0 Å². The molecular formula is C11H11N3O3. The molecule has 0 amide bonds. The number of rotatable bonds is 4. The van der Waals surface area contributed by atoms with Crippen LogP contribution in [0.2, 0.25) is 0 Å². The number of carbonyl (C=O) groups is 2. The molecule has 2 heterocycles. The first kappa shape index (κ1) is 11.3. The summed E-state index contributed by atoms with van der Waals surface area (Å²) in [4.78, 5) is 25.8. The van der Waals surface area contributed by atoms with Crippen LogP contribution in [0.4, 0.5) is 0 Å². The first-order chi connectivity index (χ1) is 8.08. The monoisotopic (exact) mass is 233 g/mol. The minimum absolute atomic E-state index is 0.00589. The van der Waals surface area contributed by atoms with E-state index in [1.54, 1.807) is 6.20 Å². The van der Waals surface area contributed by atoms with E-state index in [0.29, 0.717) is 22.2 Å². The highest BCUT2D eigenvalue weighted by atomic mass is 16.4. The van der Waals surface area contributed by atoms with Crippen LogP contribution in [0.1, 0.15) is 18.2 Å². The van der Waals surface area contributed by atoms with Crippen LogP contribution in [-0.2, 0) is 22.4 Å². The van der Waals surface area contributed by atoms with E-state index in [-0.39, 0.29) is 18.6 Å². The molecule has 17 heavy (non-hydrogen) atoms. The predicted molar refractivity (Wildman–Crippen MR) is 59.6 cm³/mol. The van der Waals surface area contributed by atoms with Crippen LogP contribution in [0.3, 0.4) is 0 Å². The van der Waals surface area contributed by atoms with Gasteiger partial charge in [-0.25, -0.2) is 0 Å². The normalized spacial score (nSPS) is 10.6. The van der Waals surface area contributed by atoms with E-state index >= 15 is 0 Å². The van der Waals surface area contributed by atoms with Gasteiger partial charge in [0.15, 0.2) is 0 Å². The Kier molecular flexibility index (Phi) is 2.86. The van der Waals surface area contributed by atoms with E-state index in [4.69, 9.17) is 5.11 Å². The van der Waals surface area contributed by atoms with Gasteiger partial charge in [0.2, 0.25) is 0 Å². The lowest BCUT2D eigenvalue weighted by molar-refractivity contribution is -0.136.